The van der Waals surface area contributed by atoms with Gasteiger partial charge in [-0.05, 0) is 0 Å². The second kappa shape index (κ2) is 9.58. The van der Waals surface area contributed by atoms with Gasteiger partial charge in [0, 0.05) is 0 Å². The van der Waals surface area contributed by atoms with Gasteiger partial charge in [-0.15, -0.1) is 0 Å². The minimum absolute atomic E-state index is 0.161. The summed E-state index contributed by atoms with van der Waals surface area (Å²) in [7, 11) is -7.40. The summed E-state index contributed by atoms with van der Waals surface area (Å²) in [5, 5.41) is 2.24. The van der Waals surface area contributed by atoms with Crippen LogP contribution in [0.1, 0.15) is 5.56 Å². The van der Waals surface area contributed by atoms with Crippen LogP contribution in [0.4, 0.5) is 0 Å². The Morgan fingerprint density at radius 2 is 1.23 bits per heavy atom. The third-order valence-electron chi connectivity index (χ3n) is 4.08. The van der Waals surface area contributed by atoms with Crippen molar-refractivity contribution in [3.63, 3.8) is 0 Å². The Hall–Kier alpha value is -2.44. The molecule has 4 nitrogen and oxygen atoms in total. The van der Waals surface area contributed by atoms with E-state index in [1.807, 2.05) is 37.3 Å². The predicted molar refractivity (Wildman–Crippen MR) is 121 cm³/mol. The van der Waals surface area contributed by atoms with E-state index in [0.717, 1.165) is 15.4 Å². The number of allylic oxidation sites excluding steroid dienone is 2. The first kappa shape index (κ1) is 22.2. The molecular weight excluding hydrogens is 483 g/mol. The maximum absolute atomic E-state index is 12.9. The Morgan fingerprint density at radius 3 is 1.83 bits per heavy atom. The summed E-state index contributed by atoms with van der Waals surface area (Å²) in [6.45, 7) is 1.88. The van der Waals surface area contributed by atoms with Gasteiger partial charge < -0.3 is 0 Å². The van der Waals surface area contributed by atoms with E-state index < -0.39 is 19.7 Å². The van der Waals surface area contributed by atoms with Crippen molar-refractivity contribution in [1.82, 2.24) is 0 Å². The third-order valence-corrected chi connectivity index (χ3v) is 9.43. The topological polar surface area (TPSA) is 68.3 Å². The molecule has 0 aliphatic carbocycles. The molecular formula is C23H20O4S2Se. The van der Waals surface area contributed by atoms with Crippen molar-refractivity contribution in [2.45, 2.75) is 16.7 Å². The van der Waals surface area contributed by atoms with Gasteiger partial charge in [-0.2, -0.15) is 0 Å². The Balaban J connectivity index is 2.00. The fourth-order valence-electron chi connectivity index (χ4n) is 2.52. The van der Waals surface area contributed by atoms with Gasteiger partial charge in [0.2, 0.25) is 0 Å². The van der Waals surface area contributed by atoms with Crippen molar-refractivity contribution in [2.24, 2.45) is 0 Å². The van der Waals surface area contributed by atoms with Crippen LogP contribution >= 0.6 is 0 Å². The molecule has 0 radical (unpaired) electrons. The first-order valence-corrected chi connectivity index (χ1v) is 13.8. The summed E-state index contributed by atoms with van der Waals surface area (Å²) in [4.78, 5) is 0.336. The molecule has 154 valence electrons. The molecule has 0 saturated heterocycles. The van der Waals surface area contributed by atoms with Gasteiger partial charge in [-0.25, -0.2) is 0 Å². The van der Waals surface area contributed by atoms with Crippen LogP contribution in [0.2, 0.25) is 0 Å². The molecule has 0 atom stereocenters. The molecule has 0 aliphatic heterocycles. The second-order valence-corrected chi connectivity index (χ2v) is 12.5. The quantitative estimate of drug-likeness (QED) is 0.365. The molecule has 0 saturated carbocycles. The van der Waals surface area contributed by atoms with Crippen LogP contribution in [-0.4, -0.2) is 31.8 Å². The van der Waals surface area contributed by atoms with Crippen LogP contribution in [0.25, 0.3) is 0 Å². The first-order valence-electron chi connectivity index (χ1n) is 9.01. The molecule has 0 spiro atoms. The van der Waals surface area contributed by atoms with Gasteiger partial charge >= 0.3 is 184 Å². The number of hydrogen-bond donors (Lipinski definition) is 0. The summed E-state index contributed by atoms with van der Waals surface area (Å²) in [6.07, 6.45) is 1.39. The Bertz CT molecular complexity index is 1260. The van der Waals surface area contributed by atoms with Crippen molar-refractivity contribution in [2.75, 3.05) is 0 Å². The van der Waals surface area contributed by atoms with E-state index in [0.29, 0.717) is 4.47 Å². The zero-order valence-electron chi connectivity index (χ0n) is 16.2. The van der Waals surface area contributed by atoms with E-state index in [9.17, 15) is 16.8 Å². The molecule has 0 unspecified atom stereocenters. The molecule has 3 aromatic rings. The van der Waals surface area contributed by atoms with Crippen LogP contribution < -0.4 is 4.46 Å². The Labute approximate surface area is 184 Å². The second-order valence-electron chi connectivity index (χ2n) is 6.45. The van der Waals surface area contributed by atoms with Gasteiger partial charge in [-0.1, -0.05) is 0 Å². The molecule has 7 heteroatoms. The van der Waals surface area contributed by atoms with Gasteiger partial charge in [0.1, 0.15) is 0 Å². The van der Waals surface area contributed by atoms with Crippen molar-refractivity contribution in [3.05, 3.63) is 112 Å². The van der Waals surface area contributed by atoms with Gasteiger partial charge in [-0.3, -0.25) is 0 Å². The number of aryl methyl sites for hydroxylation is 1. The van der Waals surface area contributed by atoms with Gasteiger partial charge in [0.15, 0.2) is 0 Å². The number of benzene rings is 3. The zero-order chi connectivity index (χ0) is 21.6. The normalized spacial score (nSPS) is 12.9. The van der Waals surface area contributed by atoms with E-state index in [4.69, 9.17) is 0 Å². The number of rotatable bonds is 7. The number of hydrogen-bond acceptors (Lipinski definition) is 4. The average Bonchev–Trinajstić information content (AvgIpc) is 2.74. The molecule has 3 rings (SSSR count). The van der Waals surface area contributed by atoms with E-state index >= 15 is 0 Å². The monoisotopic (exact) mass is 504 g/mol. The molecule has 0 amide bonds. The zero-order valence-corrected chi connectivity index (χ0v) is 19.5. The maximum atomic E-state index is 12.9. The molecule has 0 fully saturated rings. The molecule has 0 bridgehead atoms. The summed E-state index contributed by atoms with van der Waals surface area (Å²) in [5.74, 6) is 0. The number of sulfone groups is 2. The first-order chi connectivity index (χ1) is 14.3. The van der Waals surface area contributed by atoms with Crippen LogP contribution in [-0.2, 0) is 19.7 Å². The van der Waals surface area contributed by atoms with E-state index in [2.05, 4.69) is 0 Å². The Kier molecular flexibility index (Phi) is 7.10. The molecule has 0 aromatic heterocycles. The van der Waals surface area contributed by atoms with Crippen molar-refractivity contribution >= 4 is 39.1 Å². The summed E-state index contributed by atoms with van der Waals surface area (Å²) < 4.78 is 52.4. The average molecular weight is 504 g/mol. The molecule has 30 heavy (non-hydrogen) atoms. The summed E-state index contributed by atoms with van der Waals surface area (Å²) >= 11 is -0.387. The SMILES string of the molecule is Cc1ccc(S(=O)(=O)/C=C(/C=C/S(=O)(=O)c2ccccc2)[Se]c2ccccc2)cc1. The van der Waals surface area contributed by atoms with Crippen molar-refractivity contribution in [1.29, 1.82) is 0 Å². The third kappa shape index (κ3) is 6.03. The van der Waals surface area contributed by atoms with Crippen molar-refractivity contribution < 1.29 is 16.8 Å². The minimum atomic E-state index is -3.72. The van der Waals surface area contributed by atoms with E-state index in [1.54, 1.807) is 42.5 Å². The van der Waals surface area contributed by atoms with Gasteiger partial charge in [0.05, 0.1) is 0 Å². The van der Waals surface area contributed by atoms with Crippen molar-refractivity contribution in [3.8, 4) is 0 Å². The molecule has 0 N–H and O–H groups in total. The van der Waals surface area contributed by atoms with Crippen LogP contribution in [0.15, 0.2) is 116 Å². The summed E-state index contributed by atoms with van der Waals surface area (Å²) in [5.41, 5.74) is 0.959. The standard InChI is InChI=1S/C23H20O4S2Se/c1-19-12-14-21(15-13-19)29(26,27)18-23(30-22-10-6-3-7-11-22)16-17-28(24,25)20-8-4-2-5-9-20/h2-18H,1H3/b17-16+,23-18-. The predicted octanol–water partition coefficient (Wildman–Crippen LogP) is 3.63. The van der Waals surface area contributed by atoms with Crippen LogP contribution in [0.5, 0.6) is 0 Å². The molecule has 3 aromatic carbocycles. The molecule has 0 aliphatic rings. The van der Waals surface area contributed by atoms with Gasteiger partial charge in [0.25, 0.3) is 0 Å². The molecule has 0 heterocycles. The van der Waals surface area contributed by atoms with Crippen LogP contribution in [0.3, 0.4) is 0 Å². The fourth-order valence-corrected chi connectivity index (χ4v) is 7.39. The summed E-state index contributed by atoms with van der Waals surface area (Å²) in [6, 6.07) is 24.0. The fraction of sp³-hybridized carbons (Fsp3) is 0.0435. The van der Waals surface area contributed by atoms with Crippen LogP contribution in [0, 0.1) is 6.92 Å². The Morgan fingerprint density at radius 1 is 0.700 bits per heavy atom. The van der Waals surface area contributed by atoms with E-state index in [1.165, 1.54) is 23.6 Å². The van der Waals surface area contributed by atoms with E-state index in [-0.39, 0.29) is 24.7 Å².